The maximum atomic E-state index is 11.0. The zero-order valence-corrected chi connectivity index (χ0v) is 19.0. The van der Waals surface area contributed by atoms with Crippen molar-refractivity contribution in [3.8, 4) is 0 Å². The first-order valence-electron chi connectivity index (χ1n) is 8.26. The first-order valence-corrected chi connectivity index (χ1v) is 11.9. The van der Waals surface area contributed by atoms with E-state index >= 15 is 0 Å². The third kappa shape index (κ3) is 8.06. The SMILES string of the molecule is O=C(Cl)c1cnccn1.O=C(O)c1cnccn1.O=P(O)(O)C(O)(c1cncnc1)P(=O)(O)O. The van der Waals surface area contributed by atoms with Crippen LogP contribution in [-0.4, -0.2) is 70.9 Å². The van der Waals surface area contributed by atoms with Crippen molar-refractivity contribution in [3.05, 3.63) is 72.9 Å². The second-order valence-electron chi connectivity index (χ2n) is 5.61. The van der Waals surface area contributed by atoms with E-state index in [1.165, 1.54) is 37.2 Å². The highest BCUT2D eigenvalue weighted by Gasteiger charge is 2.61. The molecule has 0 amide bonds. The third-order valence-corrected chi connectivity index (χ3v) is 7.21. The van der Waals surface area contributed by atoms with Gasteiger partial charge in [0.15, 0.2) is 5.69 Å². The molecule has 0 fully saturated rings. The molecule has 3 aromatic heterocycles. The van der Waals surface area contributed by atoms with Gasteiger partial charge in [-0.05, 0) is 11.6 Å². The maximum absolute atomic E-state index is 11.0. The molecule has 0 spiro atoms. The van der Waals surface area contributed by atoms with Crippen LogP contribution in [0.25, 0.3) is 0 Å². The second kappa shape index (κ2) is 12.4. The van der Waals surface area contributed by atoms with Gasteiger partial charge >= 0.3 is 21.2 Å². The molecule has 0 saturated carbocycles. The molecule has 3 heterocycles. The van der Waals surface area contributed by atoms with Crippen LogP contribution in [0, 0.1) is 0 Å². The first kappa shape index (κ1) is 29.0. The van der Waals surface area contributed by atoms with E-state index < -0.39 is 37.0 Å². The average Bonchev–Trinajstić information content (AvgIpc) is 2.79. The zero-order valence-electron chi connectivity index (χ0n) is 16.5. The highest BCUT2D eigenvalue weighted by Crippen LogP contribution is 2.72. The number of halogens is 1. The number of carboxylic acids is 1. The quantitative estimate of drug-likeness (QED) is 0.184. The normalized spacial score (nSPS) is 11.2. The fourth-order valence-electron chi connectivity index (χ4n) is 1.79. The Kier molecular flexibility index (Phi) is 10.6. The van der Waals surface area contributed by atoms with Gasteiger partial charge in [0.05, 0.1) is 12.4 Å². The van der Waals surface area contributed by atoms with Gasteiger partial charge in [-0.2, -0.15) is 0 Å². The van der Waals surface area contributed by atoms with Gasteiger partial charge in [-0.15, -0.1) is 0 Å². The van der Waals surface area contributed by atoms with Crippen LogP contribution in [-0.2, 0) is 14.2 Å². The van der Waals surface area contributed by atoms with Crippen molar-refractivity contribution in [3.63, 3.8) is 0 Å². The number of aromatic carboxylic acids is 1. The lowest BCUT2D eigenvalue weighted by Gasteiger charge is -2.28. The molecule has 0 bridgehead atoms. The van der Waals surface area contributed by atoms with Gasteiger partial charge in [0.1, 0.15) is 12.0 Å². The summed E-state index contributed by atoms with van der Waals surface area (Å²) in [5.74, 6) is -1.05. The van der Waals surface area contributed by atoms with Crippen LogP contribution >= 0.6 is 26.8 Å². The van der Waals surface area contributed by atoms with E-state index in [2.05, 4.69) is 29.9 Å². The van der Waals surface area contributed by atoms with Crippen molar-refractivity contribution in [2.24, 2.45) is 0 Å². The Morgan fingerprint density at radius 3 is 1.47 bits per heavy atom. The number of nitrogens with zero attached hydrogens (tertiary/aromatic N) is 6. The molecule has 34 heavy (non-hydrogen) atoms. The molecular formula is C15H15ClN6O10P2. The number of carboxylic acid groups (broad SMARTS) is 1. The highest BCUT2D eigenvalue weighted by atomic mass is 35.5. The van der Waals surface area contributed by atoms with Crippen molar-refractivity contribution in [2.75, 3.05) is 0 Å². The van der Waals surface area contributed by atoms with Gasteiger partial charge < -0.3 is 29.8 Å². The Balaban J connectivity index is 0.000000274. The van der Waals surface area contributed by atoms with Gasteiger partial charge in [0.25, 0.3) is 10.3 Å². The average molecular weight is 537 g/mol. The Morgan fingerprint density at radius 2 is 1.21 bits per heavy atom. The molecule has 19 heteroatoms. The minimum absolute atomic E-state index is 0.0301. The fourth-order valence-corrected chi connectivity index (χ4v) is 4.15. The number of carbonyl (C=O) groups excluding carboxylic acids is 1. The lowest BCUT2D eigenvalue weighted by Crippen LogP contribution is -2.26. The minimum Gasteiger partial charge on any atom is -0.476 e. The number of rotatable bonds is 5. The topological polar surface area (TPSA) is 267 Å². The zero-order chi connectivity index (χ0) is 26.0. The van der Waals surface area contributed by atoms with E-state index in [0.29, 0.717) is 12.4 Å². The standard InChI is InChI=1S/C5H3ClN2O.C5H8N2O7P2.C5H4N2O2/c6-5(9)4-3-7-1-2-8-4;8-5(15(9,10)11,16(12,13)14)4-1-6-3-7-2-4;8-5(9)4-3-6-1-2-7-4/h1-3H;1-3,8H,(H2,9,10,11)(H2,12,13,14);1-3H,(H,8,9). The van der Waals surface area contributed by atoms with Gasteiger partial charge in [-0.1, -0.05) is 0 Å². The molecule has 0 radical (unpaired) electrons. The van der Waals surface area contributed by atoms with Crippen molar-refractivity contribution < 1.29 is 48.5 Å². The summed E-state index contributed by atoms with van der Waals surface area (Å²) in [6.07, 6.45) is 10.6. The predicted octanol–water partition coefficient (Wildman–Crippen LogP) is -0.0350. The van der Waals surface area contributed by atoms with Crippen molar-refractivity contribution in [1.82, 2.24) is 29.9 Å². The molecule has 3 aromatic rings. The highest BCUT2D eigenvalue weighted by molar-refractivity contribution is 7.71. The largest absolute Gasteiger partial charge is 0.476 e. The summed E-state index contributed by atoms with van der Waals surface area (Å²) in [5, 5.41) is 13.6. The predicted molar refractivity (Wildman–Crippen MR) is 111 cm³/mol. The van der Waals surface area contributed by atoms with E-state index in [1.54, 1.807) is 0 Å². The number of hydrogen-bond acceptors (Lipinski definition) is 11. The van der Waals surface area contributed by atoms with Crippen LogP contribution in [0.5, 0.6) is 0 Å². The molecular weight excluding hydrogens is 522 g/mol. The first-order chi connectivity index (χ1) is 15.7. The van der Waals surface area contributed by atoms with Gasteiger partial charge in [0, 0.05) is 42.7 Å². The number of carbonyl (C=O) groups is 2. The molecule has 0 aliphatic carbocycles. The molecule has 3 rings (SSSR count). The summed E-state index contributed by atoms with van der Waals surface area (Å²) in [7, 11) is -11.0. The van der Waals surface area contributed by atoms with E-state index in [1.807, 2.05) is 0 Å². The molecule has 6 N–H and O–H groups in total. The molecule has 0 saturated heterocycles. The maximum Gasteiger partial charge on any atom is 0.374 e. The fraction of sp³-hybridized carbons (Fsp3) is 0.0667. The Morgan fingerprint density at radius 1 is 0.765 bits per heavy atom. The van der Waals surface area contributed by atoms with Gasteiger partial charge in [-0.25, -0.2) is 24.7 Å². The van der Waals surface area contributed by atoms with E-state index in [0.717, 1.165) is 6.33 Å². The Bertz CT molecular complexity index is 1110. The summed E-state index contributed by atoms with van der Waals surface area (Å²) in [6, 6.07) is 0. The van der Waals surface area contributed by atoms with Crippen molar-refractivity contribution in [2.45, 2.75) is 5.08 Å². The molecule has 0 atom stereocenters. The molecule has 182 valence electrons. The molecule has 0 aromatic carbocycles. The van der Waals surface area contributed by atoms with Gasteiger partial charge in [-0.3, -0.25) is 23.9 Å². The monoisotopic (exact) mass is 536 g/mol. The molecule has 16 nitrogen and oxygen atoms in total. The Hall–Kier alpha value is -3.07. The smallest absolute Gasteiger partial charge is 0.374 e. The van der Waals surface area contributed by atoms with Crippen LogP contribution in [0.4, 0.5) is 0 Å². The van der Waals surface area contributed by atoms with E-state index in [-0.39, 0.29) is 11.4 Å². The Labute approximate surface area is 194 Å². The van der Waals surface area contributed by atoms with Crippen molar-refractivity contribution >= 4 is 38.0 Å². The summed E-state index contributed by atoms with van der Waals surface area (Å²) in [5.41, 5.74) is -0.603. The van der Waals surface area contributed by atoms with Gasteiger partial charge in [0.2, 0.25) is 0 Å². The van der Waals surface area contributed by atoms with Crippen LogP contribution in [0.3, 0.4) is 0 Å². The second-order valence-corrected chi connectivity index (χ2v) is 9.78. The van der Waals surface area contributed by atoms with Crippen LogP contribution < -0.4 is 0 Å². The van der Waals surface area contributed by atoms with Crippen molar-refractivity contribution in [1.29, 1.82) is 0 Å². The third-order valence-electron chi connectivity index (χ3n) is 3.31. The lowest BCUT2D eigenvalue weighted by atomic mass is 10.4. The number of hydrogen-bond donors (Lipinski definition) is 6. The minimum atomic E-state index is -5.52. The summed E-state index contributed by atoms with van der Waals surface area (Å²) in [4.78, 5) is 76.8. The number of aromatic nitrogens is 6. The van der Waals surface area contributed by atoms with Crippen LogP contribution in [0.1, 0.15) is 26.5 Å². The summed E-state index contributed by atoms with van der Waals surface area (Å²) < 4.78 is 22.0. The number of aliphatic hydroxyl groups is 1. The van der Waals surface area contributed by atoms with Crippen LogP contribution in [0.2, 0.25) is 0 Å². The van der Waals surface area contributed by atoms with Crippen LogP contribution in [0.15, 0.2) is 55.9 Å². The molecule has 0 aliphatic heterocycles. The molecule has 0 aliphatic rings. The molecule has 0 unspecified atom stereocenters. The van der Waals surface area contributed by atoms with E-state index in [4.69, 9.17) is 36.3 Å². The summed E-state index contributed by atoms with van der Waals surface area (Å²) >= 11 is 5.06. The van der Waals surface area contributed by atoms with E-state index in [9.17, 15) is 23.8 Å². The lowest BCUT2D eigenvalue weighted by molar-refractivity contribution is 0.0689. The summed E-state index contributed by atoms with van der Waals surface area (Å²) in [6.45, 7) is 0.